The molecule has 4 heteroatoms. The van der Waals surface area contributed by atoms with Gasteiger partial charge in [-0.1, -0.05) is 44.9 Å². The summed E-state index contributed by atoms with van der Waals surface area (Å²) in [5.74, 6) is 0.567. The van der Waals surface area contributed by atoms with Crippen LogP contribution in [0.25, 0.3) is 0 Å². The van der Waals surface area contributed by atoms with Crippen molar-refractivity contribution in [1.29, 1.82) is 0 Å². The number of carbonyl (C=O) groups excluding carboxylic acids is 2. The number of allylic oxidation sites excluding steroid dienone is 4. The molecule has 0 aromatic rings. The van der Waals surface area contributed by atoms with Crippen LogP contribution in [0, 0.1) is 34.5 Å². The monoisotopic (exact) mass is 372 g/mol. The maximum Gasteiger partial charge on any atom is 0.190 e. The van der Waals surface area contributed by atoms with Crippen molar-refractivity contribution in [2.24, 2.45) is 34.5 Å². The molecule has 4 aliphatic rings. The fourth-order valence-electron chi connectivity index (χ4n) is 7.24. The topological polar surface area (TPSA) is 74.6 Å². The quantitative estimate of drug-likeness (QED) is 0.730. The zero-order valence-corrected chi connectivity index (χ0v) is 16.9. The summed E-state index contributed by atoms with van der Waals surface area (Å²) in [7, 11) is 0. The zero-order valence-electron chi connectivity index (χ0n) is 16.9. The first-order chi connectivity index (χ1) is 12.6. The van der Waals surface area contributed by atoms with Crippen molar-refractivity contribution in [1.82, 2.24) is 0 Å². The number of carbonyl (C=O) groups is 2. The molecule has 0 aromatic heterocycles. The van der Waals surface area contributed by atoms with Crippen molar-refractivity contribution in [2.75, 3.05) is 6.61 Å². The molecular weight excluding hydrogens is 340 g/mol. The third-order valence-electron chi connectivity index (χ3n) is 8.82. The van der Waals surface area contributed by atoms with Crippen molar-refractivity contribution in [3.8, 4) is 0 Å². The Morgan fingerprint density at radius 1 is 1.30 bits per heavy atom. The summed E-state index contributed by atoms with van der Waals surface area (Å²) in [6.45, 7) is 7.93. The summed E-state index contributed by atoms with van der Waals surface area (Å²) in [6.07, 6.45) is 7.99. The van der Waals surface area contributed by atoms with Crippen molar-refractivity contribution in [3.05, 3.63) is 23.3 Å². The summed E-state index contributed by atoms with van der Waals surface area (Å²) in [6, 6.07) is 0. The van der Waals surface area contributed by atoms with Crippen LogP contribution in [0.2, 0.25) is 0 Å². The van der Waals surface area contributed by atoms with Gasteiger partial charge in [-0.05, 0) is 55.4 Å². The van der Waals surface area contributed by atoms with Crippen LogP contribution in [0.3, 0.4) is 0 Å². The lowest BCUT2D eigenvalue weighted by atomic mass is 9.48. The van der Waals surface area contributed by atoms with Gasteiger partial charge in [0, 0.05) is 17.3 Å². The standard InChI is InChI=1S/C23H32O4/c1-13-9-15-11-16(25)5-7-21(15,3)17-6-8-22(4)18(20(13)17)10-14(2)23(22,27)19(26)12-24/h6,11,13-14,18,20,24,27H,5,7-10,12H2,1-4H3/t13?,14-,18?,20?,21-,22-,23-/m0/s1. The number of aliphatic hydroxyl groups excluding tert-OH is 1. The predicted octanol–water partition coefficient (Wildman–Crippen LogP) is 3.22. The number of rotatable bonds is 2. The molecular formula is C23H32O4. The van der Waals surface area contributed by atoms with Gasteiger partial charge in [0.1, 0.15) is 12.2 Å². The molecule has 148 valence electrons. The van der Waals surface area contributed by atoms with Crippen molar-refractivity contribution in [3.63, 3.8) is 0 Å². The third kappa shape index (κ3) is 2.23. The minimum Gasteiger partial charge on any atom is -0.388 e. The van der Waals surface area contributed by atoms with Gasteiger partial charge in [-0.3, -0.25) is 9.59 Å². The van der Waals surface area contributed by atoms with Gasteiger partial charge < -0.3 is 10.2 Å². The summed E-state index contributed by atoms with van der Waals surface area (Å²) in [5.41, 5.74) is 0.627. The Kier molecular flexibility index (Phi) is 4.15. The van der Waals surface area contributed by atoms with Crippen LogP contribution < -0.4 is 0 Å². The fraction of sp³-hybridized carbons (Fsp3) is 0.739. The van der Waals surface area contributed by atoms with Crippen LogP contribution in [0.1, 0.15) is 59.8 Å². The first-order valence-electron chi connectivity index (χ1n) is 10.4. The van der Waals surface area contributed by atoms with Gasteiger partial charge in [0.15, 0.2) is 11.6 Å². The molecule has 2 fully saturated rings. The van der Waals surface area contributed by atoms with Crippen LogP contribution in [-0.4, -0.2) is 34.0 Å². The number of ketones is 2. The lowest BCUT2D eigenvalue weighted by Crippen LogP contribution is -2.58. The Labute approximate surface area is 161 Å². The van der Waals surface area contributed by atoms with Crippen LogP contribution in [0.15, 0.2) is 23.3 Å². The Bertz CT molecular complexity index is 764. The van der Waals surface area contributed by atoms with E-state index in [1.165, 1.54) is 11.1 Å². The lowest BCUT2D eigenvalue weighted by Gasteiger charge is -2.56. The minimum absolute atomic E-state index is 0.0582. The second-order valence-corrected chi connectivity index (χ2v) is 10.0. The van der Waals surface area contributed by atoms with E-state index in [0.29, 0.717) is 24.7 Å². The minimum atomic E-state index is -1.46. The van der Waals surface area contributed by atoms with Gasteiger partial charge in [-0.2, -0.15) is 0 Å². The molecule has 0 amide bonds. The largest absolute Gasteiger partial charge is 0.388 e. The summed E-state index contributed by atoms with van der Waals surface area (Å²) < 4.78 is 0. The molecule has 0 radical (unpaired) electrons. The highest BCUT2D eigenvalue weighted by atomic mass is 16.3. The number of Topliss-reactive ketones (excluding diaryl/α,β-unsaturated/α-hetero) is 1. The van der Waals surface area contributed by atoms with Gasteiger partial charge in [-0.15, -0.1) is 0 Å². The third-order valence-corrected chi connectivity index (χ3v) is 8.82. The molecule has 2 N–H and O–H groups in total. The van der Waals surface area contributed by atoms with Crippen LogP contribution in [0.4, 0.5) is 0 Å². The molecule has 7 atom stereocenters. The van der Waals surface area contributed by atoms with E-state index in [9.17, 15) is 19.8 Å². The van der Waals surface area contributed by atoms with Gasteiger partial charge in [-0.25, -0.2) is 0 Å². The smallest absolute Gasteiger partial charge is 0.190 e. The Hall–Kier alpha value is -1.26. The van der Waals surface area contributed by atoms with E-state index in [1.54, 1.807) is 0 Å². The van der Waals surface area contributed by atoms with Crippen molar-refractivity contribution >= 4 is 11.6 Å². The molecule has 0 saturated heterocycles. The molecule has 0 bridgehead atoms. The lowest BCUT2D eigenvalue weighted by molar-refractivity contribution is -0.162. The molecule has 0 aromatic carbocycles. The van der Waals surface area contributed by atoms with E-state index in [2.05, 4.69) is 19.9 Å². The Morgan fingerprint density at radius 2 is 2.00 bits per heavy atom. The molecule has 0 spiro atoms. The van der Waals surface area contributed by atoms with Crippen LogP contribution in [-0.2, 0) is 9.59 Å². The fourth-order valence-corrected chi connectivity index (χ4v) is 7.24. The van der Waals surface area contributed by atoms with E-state index in [-0.39, 0.29) is 23.0 Å². The highest BCUT2D eigenvalue weighted by molar-refractivity contribution is 5.92. The van der Waals surface area contributed by atoms with Crippen LogP contribution >= 0.6 is 0 Å². The first kappa shape index (κ1) is 19.1. The summed E-state index contributed by atoms with van der Waals surface area (Å²) in [4.78, 5) is 24.6. The number of hydrogen-bond acceptors (Lipinski definition) is 4. The Morgan fingerprint density at radius 3 is 2.67 bits per heavy atom. The SMILES string of the molecule is CC1CC2=CC(=O)CC[C@]2(C)C2=CC[C@@]3(C)C(C[C@H](C)[C@]3(O)C(=O)CO)C21. The maximum atomic E-state index is 12.6. The van der Waals surface area contributed by atoms with Gasteiger partial charge in [0.05, 0.1) is 0 Å². The van der Waals surface area contributed by atoms with Crippen LogP contribution in [0.5, 0.6) is 0 Å². The van der Waals surface area contributed by atoms with Gasteiger partial charge in [0.25, 0.3) is 0 Å². The highest BCUT2D eigenvalue weighted by Crippen LogP contribution is 2.67. The molecule has 27 heavy (non-hydrogen) atoms. The Balaban J connectivity index is 1.82. The zero-order chi connectivity index (χ0) is 19.8. The van der Waals surface area contributed by atoms with Crippen molar-refractivity contribution < 1.29 is 19.8 Å². The number of aliphatic hydroxyl groups is 2. The number of fused-ring (bicyclic) bond motifs is 5. The molecule has 3 unspecified atom stereocenters. The average molecular weight is 373 g/mol. The molecule has 0 aliphatic heterocycles. The van der Waals surface area contributed by atoms with Crippen molar-refractivity contribution in [2.45, 2.75) is 65.4 Å². The van der Waals surface area contributed by atoms with Gasteiger partial charge in [0.2, 0.25) is 0 Å². The maximum absolute atomic E-state index is 12.6. The highest BCUT2D eigenvalue weighted by Gasteiger charge is 2.67. The van der Waals surface area contributed by atoms with E-state index in [1.807, 2.05) is 19.9 Å². The normalized spacial score (nSPS) is 48.9. The second kappa shape index (κ2) is 5.87. The van der Waals surface area contributed by atoms with E-state index < -0.39 is 23.4 Å². The number of hydrogen-bond donors (Lipinski definition) is 2. The average Bonchev–Trinajstić information content (AvgIpc) is 2.84. The van der Waals surface area contributed by atoms with E-state index in [0.717, 1.165) is 19.3 Å². The van der Waals surface area contributed by atoms with Gasteiger partial charge >= 0.3 is 0 Å². The summed E-state index contributed by atoms with van der Waals surface area (Å²) >= 11 is 0. The second-order valence-electron chi connectivity index (χ2n) is 10.0. The molecule has 4 aliphatic carbocycles. The summed E-state index contributed by atoms with van der Waals surface area (Å²) in [5, 5.41) is 21.0. The predicted molar refractivity (Wildman–Crippen MR) is 103 cm³/mol. The first-order valence-corrected chi connectivity index (χ1v) is 10.4. The molecule has 4 nitrogen and oxygen atoms in total. The van der Waals surface area contributed by atoms with E-state index >= 15 is 0 Å². The van der Waals surface area contributed by atoms with E-state index in [4.69, 9.17) is 0 Å². The molecule has 2 saturated carbocycles. The molecule has 4 rings (SSSR count). The molecule has 0 heterocycles.